The minimum Gasteiger partial charge on any atom is -0.345 e. The summed E-state index contributed by atoms with van der Waals surface area (Å²) < 4.78 is 0. The van der Waals surface area contributed by atoms with Gasteiger partial charge in [-0.15, -0.1) is 0 Å². The highest BCUT2D eigenvalue weighted by molar-refractivity contribution is 5.94. The molecule has 0 bridgehead atoms. The van der Waals surface area contributed by atoms with Crippen LogP contribution in [0.15, 0.2) is 0 Å². The fourth-order valence-corrected chi connectivity index (χ4v) is 3.78. The van der Waals surface area contributed by atoms with Gasteiger partial charge in [0.15, 0.2) is 5.78 Å². The molecule has 2 aliphatic rings. The lowest BCUT2D eigenvalue weighted by atomic mass is 9.75. The fourth-order valence-electron chi connectivity index (χ4n) is 3.78. The molecule has 0 saturated heterocycles. The lowest BCUT2D eigenvalue weighted by Crippen LogP contribution is -2.53. The molecule has 0 aliphatic heterocycles. The molecule has 2 aliphatic carbocycles. The molecule has 22 heavy (non-hydrogen) atoms. The monoisotopic (exact) mass is 307 g/mol. The van der Waals surface area contributed by atoms with Crippen LogP contribution in [0.4, 0.5) is 0 Å². The van der Waals surface area contributed by atoms with E-state index in [0.29, 0.717) is 5.92 Å². The summed E-state index contributed by atoms with van der Waals surface area (Å²) in [6.07, 6.45) is 6.25. The first-order valence-electron chi connectivity index (χ1n) is 8.86. The number of carbonyl (C=O) groups is 2. The van der Waals surface area contributed by atoms with E-state index in [1.165, 1.54) is 25.7 Å². The topological polar surface area (TPSA) is 46.2 Å². The lowest BCUT2D eigenvalue weighted by molar-refractivity contribution is -0.135. The van der Waals surface area contributed by atoms with Gasteiger partial charge < -0.3 is 5.32 Å². The SMILES string of the molecule is CC(C)(C)C(=O)[C@@H](NC(=O)[C@H]1C[C@@H]1C1CCCC1)C(C)(C)C. The predicted octanol–water partition coefficient (Wildman–Crippen LogP) is 3.96. The second kappa shape index (κ2) is 5.98. The van der Waals surface area contributed by atoms with Gasteiger partial charge in [-0.05, 0) is 23.7 Å². The minimum absolute atomic E-state index is 0.106. The lowest BCUT2D eigenvalue weighted by Gasteiger charge is -2.34. The van der Waals surface area contributed by atoms with Crippen molar-refractivity contribution in [2.24, 2.45) is 28.6 Å². The number of hydrogen-bond donors (Lipinski definition) is 1. The maximum atomic E-state index is 12.7. The van der Waals surface area contributed by atoms with Crippen molar-refractivity contribution in [1.29, 1.82) is 0 Å². The normalized spacial score (nSPS) is 27.5. The van der Waals surface area contributed by atoms with Gasteiger partial charge >= 0.3 is 0 Å². The Morgan fingerprint density at radius 2 is 1.55 bits per heavy atom. The fraction of sp³-hybridized carbons (Fsp3) is 0.895. The molecule has 0 aromatic heterocycles. The molecule has 3 atom stereocenters. The van der Waals surface area contributed by atoms with E-state index < -0.39 is 11.5 Å². The zero-order chi connectivity index (χ0) is 16.7. The van der Waals surface area contributed by atoms with Crippen LogP contribution in [0.25, 0.3) is 0 Å². The van der Waals surface area contributed by atoms with E-state index in [0.717, 1.165) is 12.3 Å². The first-order chi connectivity index (χ1) is 10.0. The number of Topliss-reactive ketones (excluding diaryl/α,β-unsaturated/α-hetero) is 1. The average molecular weight is 307 g/mol. The van der Waals surface area contributed by atoms with E-state index in [1.807, 2.05) is 41.5 Å². The van der Waals surface area contributed by atoms with Crippen molar-refractivity contribution in [3.8, 4) is 0 Å². The van der Waals surface area contributed by atoms with Gasteiger partial charge in [-0.25, -0.2) is 0 Å². The summed E-state index contributed by atoms with van der Waals surface area (Å²) in [6, 6.07) is -0.398. The van der Waals surface area contributed by atoms with Gasteiger partial charge in [-0.3, -0.25) is 9.59 Å². The summed E-state index contributed by atoms with van der Waals surface area (Å²) in [4.78, 5) is 25.3. The summed E-state index contributed by atoms with van der Waals surface area (Å²) in [6.45, 7) is 11.9. The van der Waals surface area contributed by atoms with Crippen molar-refractivity contribution in [3.05, 3.63) is 0 Å². The molecular weight excluding hydrogens is 274 g/mol. The Kier molecular flexibility index (Phi) is 4.75. The van der Waals surface area contributed by atoms with Crippen LogP contribution < -0.4 is 5.32 Å². The Balaban J connectivity index is 1.99. The third kappa shape index (κ3) is 3.91. The molecule has 0 spiro atoms. The van der Waals surface area contributed by atoms with Crippen molar-refractivity contribution in [1.82, 2.24) is 5.32 Å². The van der Waals surface area contributed by atoms with E-state index in [-0.39, 0.29) is 23.0 Å². The molecule has 0 unspecified atom stereocenters. The first-order valence-corrected chi connectivity index (χ1v) is 8.86. The number of carbonyl (C=O) groups excluding carboxylic acids is 2. The van der Waals surface area contributed by atoms with Crippen LogP contribution in [0.3, 0.4) is 0 Å². The molecular formula is C19H33NO2. The number of amides is 1. The number of nitrogens with one attached hydrogen (secondary N) is 1. The summed E-state index contributed by atoms with van der Waals surface area (Å²) in [5, 5.41) is 3.09. The maximum Gasteiger partial charge on any atom is 0.224 e. The van der Waals surface area contributed by atoms with E-state index in [9.17, 15) is 9.59 Å². The molecule has 2 fully saturated rings. The van der Waals surface area contributed by atoms with Crippen LogP contribution in [-0.2, 0) is 9.59 Å². The Morgan fingerprint density at radius 1 is 1.00 bits per heavy atom. The van der Waals surface area contributed by atoms with Crippen molar-refractivity contribution in [3.63, 3.8) is 0 Å². The van der Waals surface area contributed by atoms with Gasteiger partial charge in [0.1, 0.15) is 0 Å². The summed E-state index contributed by atoms with van der Waals surface area (Å²) in [7, 11) is 0. The quantitative estimate of drug-likeness (QED) is 0.854. The van der Waals surface area contributed by atoms with Gasteiger partial charge in [0, 0.05) is 11.3 Å². The third-order valence-electron chi connectivity index (χ3n) is 5.34. The molecule has 0 aromatic carbocycles. The zero-order valence-electron chi connectivity index (χ0n) is 15.2. The predicted molar refractivity (Wildman–Crippen MR) is 89.4 cm³/mol. The molecule has 1 N–H and O–H groups in total. The summed E-state index contributed by atoms with van der Waals surface area (Å²) in [5.74, 6) is 1.72. The van der Waals surface area contributed by atoms with E-state index in [4.69, 9.17) is 0 Å². The highest BCUT2D eigenvalue weighted by atomic mass is 16.2. The van der Waals surface area contributed by atoms with Crippen molar-refractivity contribution in [2.45, 2.75) is 79.7 Å². The van der Waals surface area contributed by atoms with Crippen LogP contribution in [-0.4, -0.2) is 17.7 Å². The molecule has 126 valence electrons. The zero-order valence-corrected chi connectivity index (χ0v) is 15.2. The van der Waals surface area contributed by atoms with Gasteiger partial charge in [0.05, 0.1) is 6.04 Å². The number of ketones is 1. The molecule has 0 aromatic rings. The van der Waals surface area contributed by atoms with Gasteiger partial charge in [0.2, 0.25) is 5.91 Å². The molecule has 2 rings (SSSR count). The van der Waals surface area contributed by atoms with Crippen molar-refractivity contribution >= 4 is 11.7 Å². The van der Waals surface area contributed by atoms with E-state index in [2.05, 4.69) is 5.32 Å². The molecule has 3 heteroatoms. The summed E-state index contributed by atoms with van der Waals surface area (Å²) in [5.41, 5.74) is -0.683. The Bertz CT molecular complexity index is 435. The standard InChI is InChI=1S/C19H33NO2/c1-18(2,3)15(16(21)19(4,5)6)20-17(22)14-11-13(14)12-9-7-8-10-12/h12-15H,7-11H2,1-6H3,(H,20,22)/t13-,14+,15-/m1/s1. The Labute approximate surface area is 135 Å². The highest BCUT2D eigenvalue weighted by Crippen LogP contribution is 2.50. The Hall–Kier alpha value is -0.860. The minimum atomic E-state index is -0.431. The molecule has 0 heterocycles. The molecule has 3 nitrogen and oxygen atoms in total. The smallest absolute Gasteiger partial charge is 0.224 e. The van der Waals surface area contributed by atoms with Crippen LogP contribution in [0.1, 0.15) is 73.6 Å². The van der Waals surface area contributed by atoms with Gasteiger partial charge in [0.25, 0.3) is 0 Å². The molecule has 0 radical (unpaired) electrons. The summed E-state index contributed by atoms with van der Waals surface area (Å²) >= 11 is 0. The molecule has 1 amide bonds. The Morgan fingerprint density at radius 3 is 2.00 bits per heavy atom. The van der Waals surface area contributed by atoms with E-state index >= 15 is 0 Å². The van der Waals surface area contributed by atoms with Gasteiger partial charge in [-0.2, -0.15) is 0 Å². The van der Waals surface area contributed by atoms with Crippen molar-refractivity contribution in [2.75, 3.05) is 0 Å². The highest BCUT2D eigenvalue weighted by Gasteiger charge is 2.49. The number of rotatable bonds is 4. The van der Waals surface area contributed by atoms with Crippen LogP contribution in [0, 0.1) is 28.6 Å². The van der Waals surface area contributed by atoms with Gasteiger partial charge in [-0.1, -0.05) is 67.2 Å². The second-order valence-electron chi connectivity index (χ2n) is 9.47. The molecule has 2 saturated carbocycles. The average Bonchev–Trinajstić information content (AvgIpc) is 2.99. The second-order valence-corrected chi connectivity index (χ2v) is 9.47. The largest absolute Gasteiger partial charge is 0.345 e. The van der Waals surface area contributed by atoms with Crippen LogP contribution >= 0.6 is 0 Å². The number of hydrogen-bond acceptors (Lipinski definition) is 2. The van der Waals surface area contributed by atoms with Crippen LogP contribution in [0.2, 0.25) is 0 Å². The van der Waals surface area contributed by atoms with Crippen LogP contribution in [0.5, 0.6) is 0 Å². The van der Waals surface area contributed by atoms with E-state index in [1.54, 1.807) is 0 Å². The third-order valence-corrected chi connectivity index (χ3v) is 5.34. The maximum absolute atomic E-state index is 12.7. The van der Waals surface area contributed by atoms with Crippen molar-refractivity contribution < 1.29 is 9.59 Å². The first kappa shape index (κ1) is 17.5.